The lowest BCUT2D eigenvalue weighted by molar-refractivity contribution is -0.143. The van der Waals surface area contributed by atoms with Crippen molar-refractivity contribution in [2.24, 2.45) is 5.92 Å². The summed E-state index contributed by atoms with van der Waals surface area (Å²) in [6, 6.07) is 10.2. The molecule has 0 aliphatic carbocycles. The Balaban J connectivity index is 1.46. The topological polar surface area (TPSA) is 112 Å². The summed E-state index contributed by atoms with van der Waals surface area (Å²) >= 11 is 0. The maximum Gasteiger partial charge on any atom is 0.418 e. The molecular weight excluding hydrogens is 533 g/mol. The SMILES string of the molecule is Cc1ccccc1-c1cc(NS(=O)(=O)c2ccnc(N3C4CCCC3CC(C(=O)O)C4)c2)ncc1C(F)(F)F. The molecule has 2 bridgehead atoms. The second kappa shape index (κ2) is 10.1. The van der Waals surface area contributed by atoms with E-state index in [2.05, 4.69) is 14.7 Å². The number of fused-ring (bicyclic) bond motifs is 2. The van der Waals surface area contributed by atoms with Crippen LogP contribution in [-0.4, -0.2) is 41.5 Å². The summed E-state index contributed by atoms with van der Waals surface area (Å²) in [6.07, 6.45) is 0.754. The summed E-state index contributed by atoms with van der Waals surface area (Å²) in [7, 11) is -4.23. The summed E-state index contributed by atoms with van der Waals surface area (Å²) < 4.78 is 70.3. The van der Waals surface area contributed by atoms with Crippen molar-refractivity contribution in [1.82, 2.24) is 9.97 Å². The highest BCUT2D eigenvalue weighted by molar-refractivity contribution is 7.92. The van der Waals surface area contributed by atoms with Crippen molar-refractivity contribution in [2.75, 3.05) is 9.62 Å². The third kappa shape index (κ3) is 5.42. The van der Waals surface area contributed by atoms with Crippen molar-refractivity contribution in [3.05, 3.63) is 66.0 Å². The van der Waals surface area contributed by atoms with Crippen LogP contribution in [0.4, 0.5) is 24.8 Å². The number of pyridine rings is 2. The molecule has 2 N–H and O–H groups in total. The number of carboxylic acids is 1. The molecule has 1 aromatic carbocycles. The lowest BCUT2D eigenvalue weighted by atomic mass is 9.78. The third-order valence-corrected chi connectivity index (χ3v) is 8.85. The molecule has 0 radical (unpaired) electrons. The lowest BCUT2D eigenvalue weighted by Gasteiger charge is -2.48. The van der Waals surface area contributed by atoms with E-state index < -0.39 is 33.7 Å². The van der Waals surface area contributed by atoms with Crippen LogP contribution in [0.3, 0.4) is 0 Å². The van der Waals surface area contributed by atoms with Crippen molar-refractivity contribution < 1.29 is 31.5 Å². The Bertz CT molecular complexity index is 1500. The van der Waals surface area contributed by atoms with Crippen molar-refractivity contribution in [3.8, 4) is 11.1 Å². The lowest BCUT2D eigenvalue weighted by Crippen LogP contribution is -2.53. The normalized spacial score (nSPS) is 21.4. The minimum Gasteiger partial charge on any atom is -0.481 e. The van der Waals surface area contributed by atoms with Gasteiger partial charge in [0.1, 0.15) is 11.6 Å². The number of rotatable bonds is 6. The molecular formula is C27H27F3N4O4S. The van der Waals surface area contributed by atoms with E-state index in [9.17, 15) is 31.5 Å². The van der Waals surface area contributed by atoms with Crippen LogP contribution in [0, 0.1) is 12.8 Å². The zero-order chi connectivity index (χ0) is 27.9. The number of alkyl halides is 3. The Morgan fingerprint density at radius 2 is 1.74 bits per heavy atom. The molecule has 12 heteroatoms. The van der Waals surface area contributed by atoms with Crippen LogP contribution < -0.4 is 9.62 Å². The Morgan fingerprint density at radius 1 is 1.05 bits per heavy atom. The Morgan fingerprint density at radius 3 is 2.38 bits per heavy atom. The van der Waals surface area contributed by atoms with Crippen LogP contribution in [0.25, 0.3) is 11.1 Å². The molecule has 206 valence electrons. The second-order valence-corrected chi connectivity index (χ2v) is 11.7. The van der Waals surface area contributed by atoms with E-state index in [1.165, 1.54) is 24.4 Å². The number of halogens is 3. The number of sulfonamides is 1. The molecule has 2 aromatic heterocycles. The predicted molar refractivity (Wildman–Crippen MR) is 139 cm³/mol. The minimum absolute atomic E-state index is 0.0646. The number of aryl methyl sites for hydroxylation is 1. The molecule has 5 rings (SSSR count). The summed E-state index contributed by atoms with van der Waals surface area (Å²) in [4.78, 5) is 21.7. The van der Waals surface area contributed by atoms with Crippen LogP contribution in [-0.2, 0) is 21.0 Å². The van der Waals surface area contributed by atoms with E-state index in [4.69, 9.17) is 0 Å². The van der Waals surface area contributed by atoms with Gasteiger partial charge in [0.25, 0.3) is 10.0 Å². The zero-order valence-corrected chi connectivity index (χ0v) is 21.8. The highest BCUT2D eigenvalue weighted by Crippen LogP contribution is 2.41. The second-order valence-electron chi connectivity index (χ2n) is 10.0. The number of anilines is 2. The molecule has 39 heavy (non-hydrogen) atoms. The molecule has 0 amide bonds. The van der Waals surface area contributed by atoms with E-state index >= 15 is 0 Å². The number of hydrogen-bond donors (Lipinski definition) is 2. The molecule has 0 spiro atoms. The van der Waals surface area contributed by atoms with Gasteiger partial charge < -0.3 is 10.0 Å². The van der Waals surface area contributed by atoms with E-state index in [0.717, 1.165) is 25.3 Å². The van der Waals surface area contributed by atoms with Crippen LogP contribution in [0.2, 0.25) is 0 Å². The van der Waals surface area contributed by atoms with Crippen LogP contribution >= 0.6 is 0 Å². The highest BCUT2D eigenvalue weighted by Gasteiger charge is 2.41. The van der Waals surface area contributed by atoms with Crippen molar-refractivity contribution >= 4 is 27.6 Å². The monoisotopic (exact) mass is 560 g/mol. The van der Waals surface area contributed by atoms with Gasteiger partial charge in [-0.2, -0.15) is 13.2 Å². The quantitative estimate of drug-likeness (QED) is 0.410. The maximum atomic E-state index is 13.8. The molecule has 2 unspecified atom stereocenters. The maximum absolute atomic E-state index is 13.8. The summed E-state index contributed by atoms with van der Waals surface area (Å²) in [5.74, 6) is -1.09. The first-order valence-corrected chi connectivity index (χ1v) is 14.1. The van der Waals surface area contributed by atoms with Crippen LogP contribution in [0.5, 0.6) is 0 Å². The third-order valence-electron chi connectivity index (χ3n) is 7.50. The van der Waals surface area contributed by atoms with Crippen molar-refractivity contribution in [3.63, 3.8) is 0 Å². The van der Waals surface area contributed by atoms with Gasteiger partial charge in [0, 0.05) is 30.5 Å². The highest BCUT2D eigenvalue weighted by atomic mass is 32.2. The fraction of sp³-hybridized carbons (Fsp3) is 0.370. The van der Waals surface area contributed by atoms with Gasteiger partial charge in [0.15, 0.2) is 0 Å². The van der Waals surface area contributed by atoms with Gasteiger partial charge >= 0.3 is 12.1 Å². The Labute approximate surface area is 224 Å². The van der Waals surface area contributed by atoms with E-state index in [1.807, 2.05) is 4.90 Å². The van der Waals surface area contributed by atoms with Crippen molar-refractivity contribution in [1.29, 1.82) is 0 Å². The summed E-state index contributed by atoms with van der Waals surface area (Å²) in [5, 5.41) is 9.52. The van der Waals surface area contributed by atoms with Gasteiger partial charge in [0.05, 0.1) is 16.4 Å². The van der Waals surface area contributed by atoms with Crippen LogP contribution in [0.1, 0.15) is 43.2 Å². The number of nitrogens with one attached hydrogen (secondary N) is 1. The Kier molecular flexibility index (Phi) is 7.00. The molecule has 2 aliphatic heterocycles. The first-order valence-electron chi connectivity index (χ1n) is 12.6. The van der Waals surface area contributed by atoms with Crippen LogP contribution in [0.15, 0.2) is 59.8 Å². The van der Waals surface area contributed by atoms with Gasteiger partial charge in [-0.1, -0.05) is 24.3 Å². The number of hydrogen-bond acceptors (Lipinski definition) is 6. The van der Waals surface area contributed by atoms with Gasteiger partial charge in [-0.15, -0.1) is 0 Å². The van der Waals surface area contributed by atoms with Gasteiger partial charge in [-0.05, 0) is 67.9 Å². The predicted octanol–water partition coefficient (Wildman–Crippen LogP) is 5.49. The molecule has 8 nitrogen and oxygen atoms in total. The van der Waals surface area contributed by atoms with E-state index in [1.54, 1.807) is 25.1 Å². The Hall–Kier alpha value is -3.67. The number of carboxylic acid groups (broad SMARTS) is 1. The number of benzene rings is 1. The molecule has 2 fully saturated rings. The first kappa shape index (κ1) is 26.9. The van der Waals surface area contributed by atoms with E-state index in [0.29, 0.717) is 36.0 Å². The minimum atomic E-state index is -4.69. The molecule has 2 atom stereocenters. The summed E-state index contributed by atoms with van der Waals surface area (Å²) in [6.45, 7) is 1.67. The van der Waals surface area contributed by atoms with E-state index in [-0.39, 0.29) is 28.4 Å². The summed E-state index contributed by atoms with van der Waals surface area (Å²) in [5.41, 5.74) is -0.241. The number of nitrogens with zero attached hydrogens (tertiary/aromatic N) is 3. The number of aliphatic carboxylic acids is 1. The largest absolute Gasteiger partial charge is 0.481 e. The standard InChI is InChI=1S/C27H27F3N4O4S/c1-16-5-2-3-8-21(16)22-14-24(32-15-23(22)27(28,29)30)33-39(37,38)20-9-10-31-25(13-20)34-18-6-4-7-19(34)12-17(11-18)26(35)36/h2-3,5,8-10,13-15,17-19H,4,6-7,11-12H2,1H3,(H,32,33)(H,35,36). The zero-order valence-electron chi connectivity index (χ0n) is 21.0. The number of piperidine rings is 2. The fourth-order valence-corrected chi connectivity index (χ4v) is 6.70. The number of aromatic nitrogens is 2. The molecule has 4 heterocycles. The van der Waals surface area contributed by atoms with Gasteiger partial charge in [-0.3, -0.25) is 9.52 Å². The van der Waals surface area contributed by atoms with Gasteiger partial charge in [0.2, 0.25) is 0 Å². The molecule has 2 aliphatic rings. The fourth-order valence-electron chi connectivity index (χ4n) is 5.70. The first-order chi connectivity index (χ1) is 18.4. The smallest absolute Gasteiger partial charge is 0.418 e. The number of carbonyl (C=O) groups is 1. The molecule has 3 aromatic rings. The van der Waals surface area contributed by atoms with Crippen molar-refractivity contribution in [2.45, 2.75) is 62.2 Å². The average molecular weight is 561 g/mol. The molecule has 0 saturated carbocycles. The van der Waals surface area contributed by atoms with Gasteiger partial charge in [-0.25, -0.2) is 18.4 Å². The average Bonchev–Trinajstić information content (AvgIpc) is 2.87. The molecule has 2 saturated heterocycles.